The third-order valence-corrected chi connectivity index (χ3v) is 3.65. The number of alkyl halides is 3. The van der Waals surface area contributed by atoms with E-state index in [4.69, 9.17) is 5.73 Å². The normalized spacial score (nSPS) is 28.6. The zero-order chi connectivity index (χ0) is 12.9. The molecule has 2 rings (SSSR count). The molecule has 1 aliphatic rings. The van der Waals surface area contributed by atoms with E-state index in [9.17, 15) is 13.2 Å². The molecule has 96 valence electrons. The maximum atomic E-state index is 12.4. The smallest absolute Gasteiger partial charge is 0.329 e. The van der Waals surface area contributed by atoms with E-state index in [1.807, 2.05) is 13.8 Å². The summed E-state index contributed by atoms with van der Waals surface area (Å²) in [5.74, 6) is -1.38. The Bertz CT molecular complexity index is 427. The molecule has 1 saturated carbocycles. The average molecular weight is 249 g/mol. The van der Waals surface area contributed by atoms with Crippen LogP contribution in [0.15, 0.2) is 4.52 Å². The summed E-state index contributed by atoms with van der Waals surface area (Å²) in [5.41, 5.74) is 4.88. The van der Waals surface area contributed by atoms with Crippen LogP contribution in [0, 0.1) is 5.41 Å². The minimum absolute atomic E-state index is 0.0488. The van der Waals surface area contributed by atoms with Gasteiger partial charge >= 0.3 is 12.1 Å². The van der Waals surface area contributed by atoms with Crippen LogP contribution in [0.25, 0.3) is 0 Å². The molecule has 0 saturated heterocycles. The summed E-state index contributed by atoms with van der Waals surface area (Å²) in [7, 11) is 0. The standard InChI is InChI=1S/C10H14F3N3O/c1-8(2)4-3-5-9(8,14)6-15-7(17-16-6)10(11,12)13/h3-5,14H2,1-2H3. The third kappa shape index (κ3) is 1.82. The predicted octanol–water partition coefficient (Wildman–Crippen LogP) is 2.45. The summed E-state index contributed by atoms with van der Waals surface area (Å²) < 4.78 is 41.3. The SMILES string of the molecule is CC1(C)CCCC1(N)c1noc(C(F)(F)F)n1. The Morgan fingerprint density at radius 3 is 2.35 bits per heavy atom. The molecule has 0 aromatic carbocycles. The summed E-state index contributed by atoms with van der Waals surface area (Å²) in [6.45, 7) is 3.81. The highest BCUT2D eigenvalue weighted by atomic mass is 19.4. The van der Waals surface area contributed by atoms with Gasteiger partial charge in [0.1, 0.15) is 0 Å². The largest absolute Gasteiger partial charge is 0.471 e. The van der Waals surface area contributed by atoms with Crippen molar-refractivity contribution >= 4 is 0 Å². The average Bonchev–Trinajstić information content (AvgIpc) is 2.72. The first-order chi connectivity index (χ1) is 7.67. The molecule has 1 atom stereocenters. The van der Waals surface area contributed by atoms with E-state index in [0.717, 1.165) is 12.8 Å². The fourth-order valence-corrected chi connectivity index (χ4v) is 2.30. The topological polar surface area (TPSA) is 64.9 Å². The fourth-order valence-electron chi connectivity index (χ4n) is 2.30. The van der Waals surface area contributed by atoms with Crippen LogP contribution in [0.2, 0.25) is 0 Å². The Labute approximate surface area is 96.4 Å². The molecular formula is C10H14F3N3O. The van der Waals surface area contributed by atoms with Crippen molar-refractivity contribution in [2.24, 2.45) is 11.1 Å². The zero-order valence-corrected chi connectivity index (χ0v) is 9.64. The number of hydrogen-bond donors (Lipinski definition) is 1. The van der Waals surface area contributed by atoms with E-state index in [0.29, 0.717) is 6.42 Å². The van der Waals surface area contributed by atoms with Gasteiger partial charge in [-0.1, -0.05) is 25.4 Å². The van der Waals surface area contributed by atoms with E-state index in [2.05, 4.69) is 14.7 Å². The summed E-state index contributed by atoms with van der Waals surface area (Å²) in [4.78, 5) is 3.40. The molecule has 4 nitrogen and oxygen atoms in total. The van der Waals surface area contributed by atoms with E-state index >= 15 is 0 Å². The fraction of sp³-hybridized carbons (Fsp3) is 0.800. The summed E-state index contributed by atoms with van der Waals surface area (Å²) >= 11 is 0. The van der Waals surface area contributed by atoms with Crippen molar-refractivity contribution < 1.29 is 17.7 Å². The second-order valence-corrected chi connectivity index (χ2v) is 5.13. The quantitative estimate of drug-likeness (QED) is 0.830. The molecule has 7 heteroatoms. The Morgan fingerprint density at radius 1 is 1.29 bits per heavy atom. The zero-order valence-electron chi connectivity index (χ0n) is 9.64. The number of halogens is 3. The molecule has 1 heterocycles. The second kappa shape index (κ2) is 3.44. The molecule has 17 heavy (non-hydrogen) atoms. The maximum Gasteiger partial charge on any atom is 0.471 e. The van der Waals surface area contributed by atoms with Gasteiger partial charge < -0.3 is 10.3 Å². The van der Waals surface area contributed by atoms with Gasteiger partial charge in [-0.2, -0.15) is 18.2 Å². The molecule has 2 N–H and O–H groups in total. The molecule has 0 bridgehead atoms. The van der Waals surface area contributed by atoms with Gasteiger partial charge in [-0.15, -0.1) is 0 Å². The lowest BCUT2D eigenvalue weighted by atomic mass is 9.75. The highest BCUT2D eigenvalue weighted by Crippen LogP contribution is 2.49. The monoisotopic (exact) mass is 249 g/mol. The molecule has 1 unspecified atom stereocenters. The van der Waals surface area contributed by atoms with Crippen LogP contribution in [0.3, 0.4) is 0 Å². The van der Waals surface area contributed by atoms with Crippen LogP contribution in [-0.4, -0.2) is 10.1 Å². The van der Waals surface area contributed by atoms with E-state index in [1.54, 1.807) is 0 Å². The van der Waals surface area contributed by atoms with Crippen molar-refractivity contribution in [2.75, 3.05) is 0 Å². The minimum Gasteiger partial charge on any atom is -0.329 e. The summed E-state index contributed by atoms with van der Waals surface area (Å²) in [5, 5.41) is 3.40. The summed E-state index contributed by atoms with van der Waals surface area (Å²) in [6.07, 6.45) is -2.38. The van der Waals surface area contributed by atoms with Gasteiger partial charge in [0, 0.05) is 0 Å². The molecule has 0 amide bonds. The Morgan fingerprint density at radius 2 is 1.94 bits per heavy atom. The Hall–Kier alpha value is -1.11. The molecular weight excluding hydrogens is 235 g/mol. The van der Waals surface area contributed by atoms with Crippen molar-refractivity contribution in [3.05, 3.63) is 11.7 Å². The number of nitrogens with zero attached hydrogens (tertiary/aromatic N) is 2. The molecule has 1 aromatic rings. The summed E-state index contributed by atoms with van der Waals surface area (Å²) in [6, 6.07) is 0. The molecule has 0 spiro atoms. The van der Waals surface area contributed by atoms with Crippen LogP contribution in [-0.2, 0) is 11.7 Å². The van der Waals surface area contributed by atoms with E-state index in [1.165, 1.54) is 0 Å². The van der Waals surface area contributed by atoms with Gasteiger partial charge in [0.2, 0.25) is 0 Å². The van der Waals surface area contributed by atoms with Crippen LogP contribution in [0.1, 0.15) is 44.8 Å². The molecule has 0 radical (unpaired) electrons. The minimum atomic E-state index is -4.62. The number of hydrogen-bond acceptors (Lipinski definition) is 4. The Balaban J connectivity index is 2.38. The highest BCUT2D eigenvalue weighted by molar-refractivity contribution is 5.14. The first-order valence-electron chi connectivity index (χ1n) is 5.37. The lowest BCUT2D eigenvalue weighted by Crippen LogP contribution is -2.46. The van der Waals surface area contributed by atoms with Crippen LogP contribution in [0.4, 0.5) is 13.2 Å². The van der Waals surface area contributed by atoms with Crippen molar-refractivity contribution in [1.29, 1.82) is 0 Å². The van der Waals surface area contributed by atoms with Crippen molar-refractivity contribution in [3.8, 4) is 0 Å². The Kier molecular flexibility index (Phi) is 2.50. The van der Waals surface area contributed by atoms with Crippen LogP contribution in [0.5, 0.6) is 0 Å². The van der Waals surface area contributed by atoms with Crippen molar-refractivity contribution in [2.45, 2.75) is 44.8 Å². The van der Waals surface area contributed by atoms with Gasteiger partial charge in [-0.05, 0) is 18.3 Å². The van der Waals surface area contributed by atoms with Gasteiger partial charge in [0.05, 0.1) is 5.54 Å². The molecule has 0 aliphatic heterocycles. The second-order valence-electron chi connectivity index (χ2n) is 5.13. The van der Waals surface area contributed by atoms with Gasteiger partial charge in [-0.25, -0.2) is 0 Å². The van der Waals surface area contributed by atoms with Crippen LogP contribution < -0.4 is 5.73 Å². The molecule has 1 aromatic heterocycles. The number of rotatable bonds is 1. The van der Waals surface area contributed by atoms with Crippen molar-refractivity contribution in [3.63, 3.8) is 0 Å². The predicted molar refractivity (Wildman–Crippen MR) is 52.8 cm³/mol. The van der Waals surface area contributed by atoms with Gasteiger partial charge in [-0.3, -0.25) is 0 Å². The molecule has 1 aliphatic carbocycles. The lowest BCUT2D eigenvalue weighted by Gasteiger charge is -2.35. The van der Waals surface area contributed by atoms with Crippen molar-refractivity contribution in [1.82, 2.24) is 10.1 Å². The first-order valence-corrected chi connectivity index (χ1v) is 5.37. The van der Waals surface area contributed by atoms with Gasteiger partial charge in [0.15, 0.2) is 5.82 Å². The first kappa shape index (κ1) is 12.3. The number of aromatic nitrogens is 2. The maximum absolute atomic E-state index is 12.4. The molecule has 1 fully saturated rings. The van der Waals surface area contributed by atoms with Crippen LogP contribution >= 0.6 is 0 Å². The lowest BCUT2D eigenvalue weighted by molar-refractivity contribution is -0.159. The van der Waals surface area contributed by atoms with E-state index in [-0.39, 0.29) is 11.2 Å². The highest BCUT2D eigenvalue weighted by Gasteiger charge is 2.51. The van der Waals surface area contributed by atoms with E-state index < -0.39 is 17.6 Å². The van der Waals surface area contributed by atoms with Gasteiger partial charge in [0.25, 0.3) is 0 Å². The number of nitrogens with two attached hydrogens (primary N) is 1. The third-order valence-electron chi connectivity index (χ3n) is 3.65.